The summed E-state index contributed by atoms with van der Waals surface area (Å²) in [5.41, 5.74) is 7.88. The second-order valence-electron chi connectivity index (χ2n) is 7.19. The average molecular weight is 290 g/mol. The van der Waals surface area contributed by atoms with Gasteiger partial charge in [-0.1, -0.05) is 18.2 Å². The van der Waals surface area contributed by atoms with Gasteiger partial charge in [-0.2, -0.15) is 0 Å². The van der Waals surface area contributed by atoms with E-state index in [0.717, 1.165) is 12.8 Å². The number of carboxylic acid groups (broad SMARTS) is 1. The Balaban J connectivity index is 1.97. The quantitative estimate of drug-likeness (QED) is 0.703. The van der Waals surface area contributed by atoms with Gasteiger partial charge in [0, 0.05) is 11.7 Å². The summed E-state index contributed by atoms with van der Waals surface area (Å²) >= 11 is 0. The van der Waals surface area contributed by atoms with E-state index in [1.54, 1.807) is 13.8 Å². The molecule has 0 radical (unpaired) electrons. The molecule has 0 saturated heterocycles. The van der Waals surface area contributed by atoms with Gasteiger partial charge in [0.15, 0.2) is 0 Å². The normalized spacial score (nSPS) is 23.7. The Hall–Kier alpha value is -1.55. The summed E-state index contributed by atoms with van der Waals surface area (Å²) in [6.45, 7) is 5.52. The first-order valence-corrected chi connectivity index (χ1v) is 7.56. The monoisotopic (exact) mass is 290 g/mol. The van der Waals surface area contributed by atoms with Crippen LogP contribution >= 0.6 is 0 Å². The van der Waals surface area contributed by atoms with Gasteiger partial charge in [-0.3, -0.25) is 4.79 Å². The Morgan fingerprint density at radius 3 is 2.81 bits per heavy atom. The van der Waals surface area contributed by atoms with Crippen molar-refractivity contribution in [3.8, 4) is 0 Å². The van der Waals surface area contributed by atoms with Crippen LogP contribution in [0.4, 0.5) is 0 Å². The summed E-state index contributed by atoms with van der Waals surface area (Å²) in [5, 5.41) is 12.6. The molecule has 0 aromatic heterocycles. The molecule has 1 aliphatic carbocycles. The molecule has 21 heavy (non-hydrogen) atoms. The highest BCUT2D eigenvalue weighted by molar-refractivity contribution is 5.73. The fourth-order valence-electron chi connectivity index (χ4n) is 2.78. The predicted molar refractivity (Wildman–Crippen MR) is 84.7 cm³/mol. The number of nitrogens with one attached hydrogen (secondary N) is 1. The predicted octanol–water partition coefficient (Wildman–Crippen LogP) is 2.73. The number of hydrogen-bond acceptors (Lipinski definition) is 3. The summed E-state index contributed by atoms with van der Waals surface area (Å²) < 4.78 is 0. The Kier molecular flexibility index (Phi) is 4.28. The van der Waals surface area contributed by atoms with Gasteiger partial charge in [-0.25, -0.2) is 0 Å². The molecular weight excluding hydrogens is 264 g/mol. The van der Waals surface area contributed by atoms with E-state index in [9.17, 15) is 9.90 Å². The number of hydrogen-bond donors (Lipinski definition) is 3. The minimum absolute atomic E-state index is 0.385. The summed E-state index contributed by atoms with van der Waals surface area (Å²) in [6, 6.07) is 0.385. The number of rotatable bonds is 6. The van der Waals surface area contributed by atoms with E-state index < -0.39 is 16.9 Å². The van der Waals surface area contributed by atoms with E-state index in [0.29, 0.717) is 18.9 Å². The molecular formula is C17H26N2O2. The van der Waals surface area contributed by atoms with Crippen molar-refractivity contribution in [3.63, 3.8) is 0 Å². The molecule has 0 amide bonds. The molecule has 1 heterocycles. The van der Waals surface area contributed by atoms with Crippen molar-refractivity contribution >= 4 is 5.97 Å². The molecule has 2 rings (SSSR count). The van der Waals surface area contributed by atoms with E-state index in [1.165, 1.54) is 11.1 Å². The molecule has 0 saturated carbocycles. The molecule has 4 N–H and O–H groups in total. The van der Waals surface area contributed by atoms with Gasteiger partial charge in [0.25, 0.3) is 0 Å². The Labute approximate surface area is 126 Å². The Bertz CT molecular complexity index is 513. The molecule has 1 aliphatic heterocycles. The lowest BCUT2D eigenvalue weighted by atomic mass is 9.79. The molecule has 2 unspecified atom stereocenters. The first-order valence-electron chi connectivity index (χ1n) is 7.56. The highest BCUT2D eigenvalue weighted by Gasteiger charge is 2.33. The molecule has 0 fully saturated rings. The van der Waals surface area contributed by atoms with Crippen LogP contribution in [0, 0.1) is 5.41 Å². The van der Waals surface area contributed by atoms with Gasteiger partial charge in [-0.15, -0.1) is 0 Å². The maximum atomic E-state index is 11.2. The van der Waals surface area contributed by atoms with Crippen molar-refractivity contribution in [3.05, 3.63) is 35.6 Å². The van der Waals surface area contributed by atoms with Crippen LogP contribution in [-0.4, -0.2) is 22.7 Å². The lowest BCUT2D eigenvalue weighted by Gasteiger charge is -2.30. The lowest BCUT2D eigenvalue weighted by molar-refractivity contribution is -0.147. The summed E-state index contributed by atoms with van der Waals surface area (Å²) in [4.78, 5) is 11.2. The number of allylic oxidation sites excluding steroid dienone is 2. The molecule has 4 nitrogen and oxygen atoms in total. The van der Waals surface area contributed by atoms with E-state index in [2.05, 4.69) is 29.7 Å². The zero-order valence-corrected chi connectivity index (χ0v) is 13.1. The number of carboxylic acids is 1. The third-order valence-electron chi connectivity index (χ3n) is 4.48. The second-order valence-corrected chi connectivity index (χ2v) is 7.19. The van der Waals surface area contributed by atoms with Crippen molar-refractivity contribution in [1.82, 2.24) is 5.32 Å². The van der Waals surface area contributed by atoms with Gasteiger partial charge in [0.2, 0.25) is 0 Å². The van der Waals surface area contributed by atoms with Crippen LogP contribution in [0.1, 0.15) is 46.5 Å². The summed E-state index contributed by atoms with van der Waals surface area (Å²) in [5.74, 6) is -0.764. The first-order chi connectivity index (χ1) is 9.71. The van der Waals surface area contributed by atoms with Crippen molar-refractivity contribution in [1.29, 1.82) is 0 Å². The smallest absolute Gasteiger partial charge is 0.309 e. The van der Waals surface area contributed by atoms with Crippen LogP contribution in [0.5, 0.6) is 0 Å². The highest BCUT2D eigenvalue weighted by Crippen LogP contribution is 2.34. The molecule has 0 spiro atoms. The van der Waals surface area contributed by atoms with Crippen molar-refractivity contribution in [2.24, 2.45) is 11.1 Å². The van der Waals surface area contributed by atoms with Crippen molar-refractivity contribution in [2.75, 3.05) is 0 Å². The fourth-order valence-corrected chi connectivity index (χ4v) is 2.78. The molecule has 0 aromatic carbocycles. The van der Waals surface area contributed by atoms with Crippen LogP contribution < -0.4 is 11.1 Å². The lowest BCUT2D eigenvalue weighted by Crippen LogP contribution is -2.39. The molecule has 2 aliphatic rings. The van der Waals surface area contributed by atoms with E-state index in [4.69, 9.17) is 5.73 Å². The Morgan fingerprint density at radius 2 is 2.14 bits per heavy atom. The van der Waals surface area contributed by atoms with Crippen molar-refractivity contribution < 1.29 is 9.90 Å². The van der Waals surface area contributed by atoms with Crippen LogP contribution in [0.3, 0.4) is 0 Å². The number of aliphatic carboxylic acids is 1. The standard InChI is InChI=1S/C17H26N2O2/c1-16(2,15(20)21)8-9-17(3,18)10-12-11-19-14-7-5-4-6-13(12)14/h4-6,11,14,19H,7-10,18H2,1-3H3,(H,20,21). The maximum absolute atomic E-state index is 11.2. The van der Waals surface area contributed by atoms with Crippen LogP contribution in [0.2, 0.25) is 0 Å². The molecule has 116 valence electrons. The topological polar surface area (TPSA) is 75.4 Å². The van der Waals surface area contributed by atoms with Gasteiger partial charge < -0.3 is 16.2 Å². The Morgan fingerprint density at radius 1 is 1.43 bits per heavy atom. The zero-order chi connectivity index (χ0) is 15.7. The summed E-state index contributed by atoms with van der Waals surface area (Å²) in [6.07, 6.45) is 11.5. The molecule has 0 aromatic rings. The molecule has 2 atom stereocenters. The van der Waals surface area contributed by atoms with E-state index in [1.807, 2.05) is 6.92 Å². The van der Waals surface area contributed by atoms with E-state index in [-0.39, 0.29) is 0 Å². The van der Waals surface area contributed by atoms with E-state index >= 15 is 0 Å². The van der Waals surface area contributed by atoms with Gasteiger partial charge >= 0.3 is 5.97 Å². The number of carbonyl (C=O) groups is 1. The summed E-state index contributed by atoms with van der Waals surface area (Å²) in [7, 11) is 0. The van der Waals surface area contributed by atoms with Crippen LogP contribution in [-0.2, 0) is 4.79 Å². The average Bonchev–Trinajstić information content (AvgIpc) is 2.80. The fraction of sp³-hybridized carbons (Fsp3) is 0.588. The third-order valence-corrected chi connectivity index (χ3v) is 4.48. The number of nitrogens with two attached hydrogens (primary N) is 1. The van der Waals surface area contributed by atoms with Crippen molar-refractivity contribution in [2.45, 2.75) is 58.0 Å². The van der Waals surface area contributed by atoms with Gasteiger partial charge in [0.1, 0.15) is 0 Å². The SMILES string of the molecule is CC(N)(CCC(C)(C)C(=O)O)CC1=CNC2CC=CC=C12. The molecule has 0 bridgehead atoms. The minimum atomic E-state index is -0.764. The van der Waals surface area contributed by atoms with Gasteiger partial charge in [-0.05, 0) is 57.6 Å². The van der Waals surface area contributed by atoms with Gasteiger partial charge in [0.05, 0.1) is 11.5 Å². The number of fused-ring (bicyclic) bond motifs is 1. The maximum Gasteiger partial charge on any atom is 0.309 e. The highest BCUT2D eigenvalue weighted by atomic mass is 16.4. The van der Waals surface area contributed by atoms with Crippen LogP contribution in [0.15, 0.2) is 35.6 Å². The minimum Gasteiger partial charge on any atom is -0.481 e. The first kappa shape index (κ1) is 15.8. The second kappa shape index (κ2) is 5.68. The largest absolute Gasteiger partial charge is 0.481 e. The molecule has 4 heteroatoms. The van der Waals surface area contributed by atoms with Crippen LogP contribution in [0.25, 0.3) is 0 Å². The zero-order valence-electron chi connectivity index (χ0n) is 13.1. The third kappa shape index (κ3) is 3.76.